The van der Waals surface area contributed by atoms with E-state index < -0.39 is 12.1 Å². The lowest BCUT2D eigenvalue weighted by atomic mass is 9.76. The lowest BCUT2D eigenvalue weighted by Crippen LogP contribution is -2.63. The number of rotatable bonds is 4. The number of hydrogen-bond acceptors (Lipinski definition) is 5. The molecule has 5 rings (SSSR count). The normalized spacial score (nSPS) is 32.5. The minimum atomic E-state index is -0.638. The molecule has 3 amide bonds. The first-order valence-electron chi connectivity index (χ1n) is 14.2. The van der Waals surface area contributed by atoms with Crippen LogP contribution >= 0.6 is 11.8 Å². The highest BCUT2D eigenvalue weighted by atomic mass is 32.2. The molecule has 0 spiro atoms. The lowest BCUT2D eigenvalue weighted by Gasteiger charge is -2.53. The van der Waals surface area contributed by atoms with Gasteiger partial charge in [-0.1, -0.05) is 30.3 Å². The maximum atomic E-state index is 13.7. The van der Waals surface area contributed by atoms with E-state index in [4.69, 9.17) is 0 Å². The molecule has 8 heteroatoms. The number of nitrogens with zero attached hydrogens (tertiary/aromatic N) is 2. The molecule has 4 fully saturated rings. The van der Waals surface area contributed by atoms with Gasteiger partial charge in [0.15, 0.2) is 0 Å². The van der Waals surface area contributed by atoms with Gasteiger partial charge in [0, 0.05) is 38.1 Å². The first-order chi connectivity index (χ1) is 18.0. The molecule has 0 radical (unpaired) electrons. The average molecular weight is 527 g/mol. The van der Waals surface area contributed by atoms with E-state index in [9.17, 15) is 14.4 Å². The van der Waals surface area contributed by atoms with Gasteiger partial charge in [0.05, 0.1) is 0 Å². The number of hydrogen-bond donors (Lipinski definition) is 2. The van der Waals surface area contributed by atoms with Gasteiger partial charge in [-0.05, 0) is 80.8 Å². The van der Waals surface area contributed by atoms with Crippen molar-refractivity contribution in [2.75, 3.05) is 31.1 Å². The van der Waals surface area contributed by atoms with E-state index in [0.717, 1.165) is 38.0 Å². The van der Waals surface area contributed by atoms with Gasteiger partial charge in [0.2, 0.25) is 17.7 Å². The molecule has 4 aliphatic heterocycles. The number of piperidine rings is 2. The number of thioether (sulfide) groups is 1. The number of nitrogens with one attached hydrogen (secondary N) is 2. The van der Waals surface area contributed by atoms with E-state index >= 15 is 0 Å². The summed E-state index contributed by atoms with van der Waals surface area (Å²) in [4.78, 5) is 44.6. The number of likely N-dealkylation sites (tertiary alicyclic amines) is 1. The summed E-state index contributed by atoms with van der Waals surface area (Å²) in [6.45, 7) is 4.69. The fraction of sp³-hybridized carbons (Fsp3) is 0.690. The molecule has 37 heavy (non-hydrogen) atoms. The minimum absolute atomic E-state index is 0.0317. The first kappa shape index (κ1) is 26.5. The quantitative estimate of drug-likeness (QED) is 0.631. The van der Waals surface area contributed by atoms with Crippen LogP contribution in [0.5, 0.6) is 0 Å². The zero-order chi connectivity index (χ0) is 25.8. The molecule has 4 heterocycles. The summed E-state index contributed by atoms with van der Waals surface area (Å²) in [7, 11) is 0. The van der Waals surface area contributed by atoms with Gasteiger partial charge in [-0.3, -0.25) is 19.3 Å². The Morgan fingerprint density at radius 3 is 2.54 bits per heavy atom. The van der Waals surface area contributed by atoms with Crippen LogP contribution in [0, 0.1) is 11.8 Å². The number of carbonyl (C=O) groups excluding carboxylic acids is 3. The molecule has 4 aliphatic rings. The molecule has 1 unspecified atom stereocenters. The second kappa shape index (κ2) is 12.2. The Kier molecular flexibility index (Phi) is 8.75. The largest absolute Gasteiger partial charge is 0.344 e. The molecule has 1 aromatic rings. The van der Waals surface area contributed by atoms with Gasteiger partial charge in [-0.25, -0.2) is 0 Å². The number of benzene rings is 1. The van der Waals surface area contributed by atoms with E-state index in [-0.39, 0.29) is 23.8 Å². The Morgan fingerprint density at radius 2 is 1.76 bits per heavy atom. The number of fused-ring (bicyclic) bond motifs is 4. The lowest BCUT2D eigenvalue weighted by molar-refractivity contribution is -0.146. The molecule has 2 N–H and O–H groups in total. The Labute approximate surface area is 225 Å². The second-order valence-electron chi connectivity index (χ2n) is 11.5. The van der Waals surface area contributed by atoms with Crippen LogP contribution in [0.1, 0.15) is 57.4 Å². The maximum Gasteiger partial charge on any atom is 0.245 e. The van der Waals surface area contributed by atoms with Gasteiger partial charge in [0.25, 0.3) is 0 Å². The zero-order valence-electron chi connectivity index (χ0n) is 22.1. The van der Waals surface area contributed by atoms with Crippen molar-refractivity contribution in [2.45, 2.75) is 82.5 Å². The Hall–Kier alpha value is -2.06. The highest BCUT2D eigenvalue weighted by Gasteiger charge is 2.45. The second-order valence-corrected chi connectivity index (χ2v) is 12.7. The molecule has 0 aromatic heterocycles. The molecular formula is C29H42N4O3S. The third kappa shape index (κ3) is 6.51. The third-order valence-electron chi connectivity index (χ3n) is 8.84. The van der Waals surface area contributed by atoms with Crippen LogP contribution in [0.4, 0.5) is 0 Å². The van der Waals surface area contributed by atoms with Crippen LogP contribution < -0.4 is 10.6 Å². The van der Waals surface area contributed by atoms with Gasteiger partial charge in [0.1, 0.15) is 12.1 Å². The molecule has 0 saturated carbocycles. The van der Waals surface area contributed by atoms with Crippen LogP contribution in [0.2, 0.25) is 0 Å². The van der Waals surface area contributed by atoms with Crippen molar-refractivity contribution < 1.29 is 14.4 Å². The van der Waals surface area contributed by atoms with Crippen molar-refractivity contribution in [3.8, 4) is 0 Å². The number of carbonyl (C=O) groups is 3. The van der Waals surface area contributed by atoms with Gasteiger partial charge in [-0.2, -0.15) is 11.8 Å². The predicted octanol–water partition coefficient (Wildman–Crippen LogP) is 2.84. The summed E-state index contributed by atoms with van der Waals surface area (Å²) in [6.07, 6.45) is 6.88. The number of aryl methyl sites for hydroxylation is 1. The minimum Gasteiger partial charge on any atom is -0.344 e. The summed E-state index contributed by atoms with van der Waals surface area (Å²) in [5.41, 5.74) is 1.13. The fourth-order valence-electron chi connectivity index (χ4n) is 6.94. The SMILES string of the molecule is C[C@H]1NC(=O)C(CCc2ccccc2)NC(=O)CCC[C@H]2[C@@H]3C[C@@H](CN(C4CCSCC4)C3)CN2C1=O. The predicted molar refractivity (Wildman–Crippen MR) is 147 cm³/mol. The molecule has 5 atom stereocenters. The van der Waals surface area contributed by atoms with Crippen molar-refractivity contribution in [3.05, 3.63) is 35.9 Å². The van der Waals surface area contributed by atoms with E-state index in [1.54, 1.807) is 6.92 Å². The summed E-state index contributed by atoms with van der Waals surface area (Å²) >= 11 is 2.07. The fourth-order valence-corrected chi connectivity index (χ4v) is 8.03. The van der Waals surface area contributed by atoms with Gasteiger partial charge < -0.3 is 15.5 Å². The van der Waals surface area contributed by atoms with Crippen LogP contribution in [-0.2, 0) is 20.8 Å². The van der Waals surface area contributed by atoms with Crippen molar-refractivity contribution in [3.63, 3.8) is 0 Å². The van der Waals surface area contributed by atoms with E-state index in [1.165, 1.54) is 30.8 Å². The highest BCUT2D eigenvalue weighted by Crippen LogP contribution is 2.38. The first-order valence-corrected chi connectivity index (χ1v) is 15.4. The maximum absolute atomic E-state index is 13.7. The Bertz CT molecular complexity index is 954. The molecule has 4 saturated heterocycles. The molecule has 0 aliphatic carbocycles. The zero-order valence-corrected chi connectivity index (χ0v) is 22.9. The van der Waals surface area contributed by atoms with Crippen LogP contribution in [0.15, 0.2) is 30.3 Å². The monoisotopic (exact) mass is 526 g/mol. The Morgan fingerprint density at radius 1 is 0.973 bits per heavy atom. The van der Waals surface area contributed by atoms with E-state index in [1.807, 2.05) is 30.3 Å². The molecular weight excluding hydrogens is 484 g/mol. The van der Waals surface area contributed by atoms with Gasteiger partial charge >= 0.3 is 0 Å². The summed E-state index contributed by atoms with van der Waals surface area (Å²) in [6, 6.07) is 9.57. The molecule has 202 valence electrons. The van der Waals surface area contributed by atoms with Crippen LogP contribution in [-0.4, -0.2) is 82.8 Å². The Balaban J connectivity index is 1.28. The standard InChI is InChI=1S/C29H42N4O3S/c1-20-29(36)33-18-22-16-23(19-32(17-22)24-12-14-37-15-13-24)26(33)8-5-9-27(34)31-25(28(35)30-20)11-10-21-6-3-2-4-7-21/h2-4,6-7,20,22-26H,5,8-19H2,1H3,(H,30,35)(H,31,34)/t20-,22+,23-,25?,26+/m1/s1. The summed E-state index contributed by atoms with van der Waals surface area (Å²) in [5.74, 6) is 3.14. The van der Waals surface area contributed by atoms with Crippen LogP contribution in [0.3, 0.4) is 0 Å². The third-order valence-corrected chi connectivity index (χ3v) is 9.89. The van der Waals surface area contributed by atoms with Crippen molar-refractivity contribution in [2.24, 2.45) is 11.8 Å². The van der Waals surface area contributed by atoms with Crippen LogP contribution in [0.25, 0.3) is 0 Å². The topological polar surface area (TPSA) is 81.8 Å². The highest BCUT2D eigenvalue weighted by molar-refractivity contribution is 7.99. The van der Waals surface area contributed by atoms with E-state index in [2.05, 4.69) is 32.2 Å². The van der Waals surface area contributed by atoms with Crippen molar-refractivity contribution in [1.82, 2.24) is 20.4 Å². The van der Waals surface area contributed by atoms with Crippen molar-refractivity contribution in [1.29, 1.82) is 0 Å². The average Bonchev–Trinajstić information content (AvgIpc) is 2.92. The summed E-state index contributed by atoms with van der Waals surface area (Å²) < 4.78 is 0. The summed E-state index contributed by atoms with van der Waals surface area (Å²) in [5, 5.41) is 5.93. The number of amides is 3. The smallest absolute Gasteiger partial charge is 0.245 e. The molecule has 1 aromatic carbocycles. The van der Waals surface area contributed by atoms with Crippen molar-refractivity contribution >= 4 is 29.5 Å². The van der Waals surface area contributed by atoms with E-state index in [0.29, 0.717) is 37.1 Å². The molecule has 7 nitrogen and oxygen atoms in total. The molecule has 2 bridgehead atoms. The van der Waals surface area contributed by atoms with Gasteiger partial charge in [-0.15, -0.1) is 0 Å².